The van der Waals surface area contributed by atoms with E-state index in [1.165, 1.54) is 0 Å². The number of hydrogen-bond acceptors (Lipinski definition) is 1. The summed E-state index contributed by atoms with van der Waals surface area (Å²) in [7, 11) is 0. The minimum atomic E-state index is -0.899. The first-order valence-corrected chi connectivity index (χ1v) is 5.62. The molecule has 92 valence electrons. The van der Waals surface area contributed by atoms with Gasteiger partial charge < -0.3 is 0 Å². The SMILES string of the molecule is Fc1cc2cn(-c3ccc(Cl)cc3)nc2cc1F.[Zn]. The van der Waals surface area contributed by atoms with Gasteiger partial charge in [0, 0.05) is 42.2 Å². The summed E-state index contributed by atoms with van der Waals surface area (Å²) in [6, 6.07) is 9.22. The van der Waals surface area contributed by atoms with Crippen LogP contribution >= 0.6 is 11.6 Å². The van der Waals surface area contributed by atoms with Crippen LogP contribution in [0, 0.1) is 11.6 Å². The summed E-state index contributed by atoms with van der Waals surface area (Å²) in [4.78, 5) is 0. The fourth-order valence-electron chi connectivity index (χ4n) is 1.74. The molecule has 0 saturated carbocycles. The van der Waals surface area contributed by atoms with Crippen molar-refractivity contribution in [2.24, 2.45) is 0 Å². The van der Waals surface area contributed by atoms with Crippen molar-refractivity contribution in [3.05, 3.63) is 59.3 Å². The number of fused-ring (bicyclic) bond motifs is 1. The molecule has 0 fully saturated rings. The molecule has 0 N–H and O–H groups in total. The third-order valence-electron chi connectivity index (χ3n) is 2.64. The van der Waals surface area contributed by atoms with Gasteiger partial charge in [-0.1, -0.05) is 11.6 Å². The van der Waals surface area contributed by atoms with E-state index in [2.05, 4.69) is 5.10 Å². The molecular weight excluding hydrogens is 323 g/mol. The van der Waals surface area contributed by atoms with Crippen LogP contribution in [0.15, 0.2) is 42.6 Å². The molecule has 0 amide bonds. The molecule has 0 bridgehead atoms. The quantitative estimate of drug-likeness (QED) is 0.618. The summed E-state index contributed by atoms with van der Waals surface area (Å²) in [5, 5.41) is 5.34. The standard InChI is InChI=1S/C13H7ClF2N2.Zn/c14-9-1-3-10(4-2-9)18-7-8-5-11(15)12(16)6-13(8)17-18;/h1-7H;. The average Bonchev–Trinajstić information content (AvgIpc) is 2.73. The third-order valence-corrected chi connectivity index (χ3v) is 2.89. The van der Waals surface area contributed by atoms with Crippen molar-refractivity contribution in [3.63, 3.8) is 0 Å². The molecule has 0 aliphatic heterocycles. The van der Waals surface area contributed by atoms with Crippen LogP contribution < -0.4 is 0 Å². The van der Waals surface area contributed by atoms with E-state index in [0.29, 0.717) is 15.9 Å². The Morgan fingerprint density at radius 2 is 1.63 bits per heavy atom. The van der Waals surface area contributed by atoms with E-state index < -0.39 is 11.6 Å². The summed E-state index contributed by atoms with van der Waals surface area (Å²) in [5.41, 5.74) is 1.18. The van der Waals surface area contributed by atoms with Crippen molar-refractivity contribution in [3.8, 4) is 5.69 Å². The number of benzene rings is 2. The molecule has 1 aromatic heterocycles. The van der Waals surface area contributed by atoms with Gasteiger partial charge in [-0.05, 0) is 30.3 Å². The van der Waals surface area contributed by atoms with Crippen molar-refractivity contribution in [1.29, 1.82) is 0 Å². The Hall–Kier alpha value is -1.32. The molecule has 6 heteroatoms. The average molecular weight is 330 g/mol. The summed E-state index contributed by atoms with van der Waals surface area (Å²) in [6.45, 7) is 0. The molecule has 2 nitrogen and oxygen atoms in total. The summed E-state index contributed by atoms with van der Waals surface area (Å²) in [6.07, 6.45) is 1.64. The van der Waals surface area contributed by atoms with Gasteiger partial charge in [0.25, 0.3) is 0 Å². The number of nitrogens with zero attached hydrogens (tertiary/aromatic N) is 2. The molecule has 2 aromatic carbocycles. The second kappa shape index (κ2) is 5.35. The van der Waals surface area contributed by atoms with Crippen LogP contribution in [0.3, 0.4) is 0 Å². The maximum Gasteiger partial charge on any atom is 0.161 e. The fourth-order valence-corrected chi connectivity index (χ4v) is 1.87. The second-order valence-corrected chi connectivity index (χ2v) is 4.31. The number of halogens is 3. The van der Waals surface area contributed by atoms with E-state index in [1.807, 2.05) is 0 Å². The molecule has 19 heavy (non-hydrogen) atoms. The van der Waals surface area contributed by atoms with Crippen molar-refractivity contribution in [1.82, 2.24) is 9.78 Å². The van der Waals surface area contributed by atoms with Gasteiger partial charge in [-0.2, -0.15) is 5.10 Å². The maximum atomic E-state index is 13.1. The van der Waals surface area contributed by atoms with Crippen LogP contribution in [0.2, 0.25) is 5.02 Å². The minimum Gasteiger partial charge on any atom is -0.240 e. The van der Waals surface area contributed by atoms with Crippen LogP contribution in [-0.4, -0.2) is 9.78 Å². The predicted molar refractivity (Wildman–Crippen MR) is 66.0 cm³/mol. The molecule has 0 radical (unpaired) electrons. The first-order chi connectivity index (χ1) is 8.63. The van der Waals surface area contributed by atoms with Crippen LogP contribution in [-0.2, 0) is 19.5 Å². The van der Waals surface area contributed by atoms with Gasteiger partial charge in [0.05, 0.1) is 11.2 Å². The number of hydrogen-bond donors (Lipinski definition) is 0. The van der Waals surface area contributed by atoms with E-state index in [4.69, 9.17) is 11.6 Å². The molecule has 1 heterocycles. The van der Waals surface area contributed by atoms with Gasteiger partial charge in [-0.15, -0.1) is 0 Å². The van der Waals surface area contributed by atoms with Gasteiger partial charge in [-0.3, -0.25) is 0 Å². The zero-order valence-electron chi connectivity index (χ0n) is 9.78. The maximum absolute atomic E-state index is 13.1. The summed E-state index contributed by atoms with van der Waals surface area (Å²) >= 11 is 5.79. The Morgan fingerprint density at radius 3 is 2.32 bits per heavy atom. The first-order valence-electron chi connectivity index (χ1n) is 5.24. The largest absolute Gasteiger partial charge is 0.240 e. The van der Waals surface area contributed by atoms with Gasteiger partial charge in [0.1, 0.15) is 0 Å². The molecular formula is C13H7ClF2N2Zn. The zero-order chi connectivity index (χ0) is 12.7. The van der Waals surface area contributed by atoms with Gasteiger partial charge in [0.2, 0.25) is 0 Å². The van der Waals surface area contributed by atoms with Gasteiger partial charge >= 0.3 is 0 Å². The minimum absolute atomic E-state index is 0. The molecule has 0 spiro atoms. The van der Waals surface area contributed by atoms with Crippen molar-refractivity contribution in [2.75, 3.05) is 0 Å². The molecule has 0 aliphatic rings. The van der Waals surface area contributed by atoms with Crippen LogP contribution in [0.1, 0.15) is 0 Å². The van der Waals surface area contributed by atoms with Crippen molar-refractivity contribution in [2.45, 2.75) is 0 Å². The van der Waals surface area contributed by atoms with Gasteiger partial charge in [-0.25, -0.2) is 13.5 Å². The van der Waals surface area contributed by atoms with Crippen LogP contribution in [0.5, 0.6) is 0 Å². The Balaban J connectivity index is 0.00000133. The molecule has 0 unspecified atom stereocenters. The first kappa shape index (κ1) is 14.1. The van der Waals surface area contributed by atoms with Crippen LogP contribution in [0.25, 0.3) is 16.6 Å². The fraction of sp³-hybridized carbons (Fsp3) is 0. The van der Waals surface area contributed by atoms with Crippen LogP contribution in [0.4, 0.5) is 8.78 Å². The summed E-state index contributed by atoms with van der Waals surface area (Å²) in [5.74, 6) is -1.78. The molecule has 3 rings (SSSR count). The second-order valence-electron chi connectivity index (χ2n) is 3.88. The van der Waals surface area contributed by atoms with E-state index in [9.17, 15) is 8.78 Å². The van der Waals surface area contributed by atoms with E-state index in [0.717, 1.165) is 17.8 Å². The van der Waals surface area contributed by atoms with Crippen molar-refractivity contribution >= 4 is 22.5 Å². The van der Waals surface area contributed by atoms with E-state index in [1.54, 1.807) is 35.1 Å². The number of aromatic nitrogens is 2. The Labute approximate surface area is 125 Å². The Morgan fingerprint density at radius 1 is 1.00 bits per heavy atom. The van der Waals surface area contributed by atoms with E-state index >= 15 is 0 Å². The zero-order valence-corrected chi connectivity index (χ0v) is 13.5. The molecule has 0 atom stereocenters. The Bertz CT molecular complexity index is 686. The molecule has 0 saturated heterocycles. The normalized spacial score (nSPS) is 10.5. The number of rotatable bonds is 1. The summed E-state index contributed by atoms with van der Waals surface area (Å²) < 4.78 is 27.7. The monoisotopic (exact) mass is 328 g/mol. The predicted octanol–water partition coefficient (Wildman–Crippen LogP) is 3.95. The molecule has 3 aromatic rings. The topological polar surface area (TPSA) is 17.8 Å². The smallest absolute Gasteiger partial charge is 0.161 e. The third kappa shape index (κ3) is 2.67. The van der Waals surface area contributed by atoms with Gasteiger partial charge in [0.15, 0.2) is 11.6 Å². The molecule has 0 aliphatic carbocycles. The Kier molecular flexibility index (Phi) is 3.97. The van der Waals surface area contributed by atoms with Crippen molar-refractivity contribution < 1.29 is 28.3 Å². The van der Waals surface area contributed by atoms with E-state index in [-0.39, 0.29) is 19.5 Å².